The fourth-order valence-electron chi connectivity index (χ4n) is 1.09. The molecule has 0 rings (SSSR count). The Balaban J connectivity index is 4.52. The summed E-state index contributed by atoms with van der Waals surface area (Å²) >= 11 is 0. The van der Waals surface area contributed by atoms with E-state index in [4.69, 9.17) is 10.8 Å². The standard InChI is InChI=1S/C12H21NO2/c1-3-5-7-9-12(13,11(14)15)10-8-6-4-2/h7-10H,3-6,13H2,1-2H3,(H,14,15)/b9-7+,10-8+. The minimum Gasteiger partial charge on any atom is -0.479 e. The molecule has 15 heavy (non-hydrogen) atoms. The Morgan fingerprint density at radius 1 is 1.20 bits per heavy atom. The lowest BCUT2D eigenvalue weighted by molar-refractivity contribution is -0.139. The minimum absolute atomic E-state index is 0.855. The molecule has 3 N–H and O–H groups in total. The number of carbonyl (C=O) groups is 1. The van der Waals surface area contributed by atoms with Gasteiger partial charge < -0.3 is 10.8 Å². The Labute approximate surface area is 91.7 Å². The maximum absolute atomic E-state index is 11.0. The summed E-state index contributed by atoms with van der Waals surface area (Å²) in [6, 6.07) is 0. The van der Waals surface area contributed by atoms with Gasteiger partial charge in [-0.05, 0) is 12.8 Å². The van der Waals surface area contributed by atoms with Crippen LogP contribution in [0.3, 0.4) is 0 Å². The molecular formula is C12H21NO2. The quantitative estimate of drug-likeness (QED) is 0.636. The van der Waals surface area contributed by atoms with Crippen molar-refractivity contribution in [3.05, 3.63) is 24.3 Å². The van der Waals surface area contributed by atoms with Crippen LogP contribution in [0.25, 0.3) is 0 Å². The molecule has 0 saturated heterocycles. The van der Waals surface area contributed by atoms with E-state index < -0.39 is 11.5 Å². The smallest absolute Gasteiger partial charge is 0.331 e. The van der Waals surface area contributed by atoms with Crippen LogP contribution in [-0.4, -0.2) is 16.6 Å². The third-order valence-electron chi connectivity index (χ3n) is 2.07. The van der Waals surface area contributed by atoms with Gasteiger partial charge in [-0.25, -0.2) is 4.79 Å². The molecule has 86 valence electrons. The molecule has 0 aromatic rings. The molecule has 0 aromatic carbocycles. The van der Waals surface area contributed by atoms with Gasteiger partial charge in [0.25, 0.3) is 0 Å². The van der Waals surface area contributed by atoms with E-state index in [9.17, 15) is 4.79 Å². The van der Waals surface area contributed by atoms with Crippen LogP contribution in [0.1, 0.15) is 39.5 Å². The van der Waals surface area contributed by atoms with E-state index in [1.165, 1.54) is 0 Å². The van der Waals surface area contributed by atoms with Crippen LogP contribution >= 0.6 is 0 Å². The fourth-order valence-corrected chi connectivity index (χ4v) is 1.09. The monoisotopic (exact) mass is 211 g/mol. The van der Waals surface area contributed by atoms with Crippen LogP contribution < -0.4 is 5.73 Å². The Morgan fingerprint density at radius 2 is 1.60 bits per heavy atom. The first-order valence-corrected chi connectivity index (χ1v) is 5.44. The summed E-state index contributed by atoms with van der Waals surface area (Å²) in [6.45, 7) is 4.08. The highest BCUT2D eigenvalue weighted by atomic mass is 16.4. The maximum atomic E-state index is 11.0. The molecule has 0 bridgehead atoms. The molecule has 0 spiro atoms. The van der Waals surface area contributed by atoms with Gasteiger partial charge in [0, 0.05) is 0 Å². The molecule has 0 fully saturated rings. The highest BCUT2D eigenvalue weighted by molar-refractivity contribution is 5.83. The number of hydrogen-bond donors (Lipinski definition) is 2. The second kappa shape index (κ2) is 7.23. The van der Waals surface area contributed by atoms with Crippen molar-refractivity contribution in [3.8, 4) is 0 Å². The van der Waals surface area contributed by atoms with Crippen LogP contribution in [0.5, 0.6) is 0 Å². The van der Waals surface area contributed by atoms with Gasteiger partial charge in [-0.2, -0.15) is 0 Å². The highest BCUT2D eigenvalue weighted by Gasteiger charge is 2.26. The average Bonchev–Trinajstić information content (AvgIpc) is 2.18. The first-order valence-electron chi connectivity index (χ1n) is 5.44. The van der Waals surface area contributed by atoms with Gasteiger partial charge in [0.1, 0.15) is 0 Å². The number of carboxylic acid groups (broad SMARTS) is 1. The molecule has 0 radical (unpaired) electrons. The number of unbranched alkanes of at least 4 members (excludes halogenated alkanes) is 2. The second-order valence-corrected chi connectivity index (χ2v) is 3.62. The highest BCUT2D eigenvalue weighted by Crippen LogP contribution is 2.08. The van der Waals surface area contributed by atoms with E-state index in [2.05, 4.69) is 0 Å². The molecule has 0 heterocycles. The first kappa shape index (κ1) is 13.9. The van der Waals surface area contributed by atoms with E-state index in [0.717, 1.165) is 25.7 Å². The largest absolute Gasteiger partial charge is 0.479 e. The van der Waals surface area contributed by atoms with Crippen LogP contribution in [0.4, 0.5) is 0 Å². The molecule has 0 aliphatic rings. The molecule has 0 aromatic heterocycles. The lowest BCUT2D eigenvalue weighted by atomic mass is 9.98. The van der Waals surface area contributed by atoms with Gasteiger partial charge >= 0.3 is 5.97 Å². The molecule has 0 saturated carbocycles. The Morgan fingerprint density at radius 3 is 1.87 bits per heavy atom. The summed E-state index contributed by atoms with van der Waals surface area (Å²) in [5.41, 5.74) is 4.41. The summed E-state index contributed by atoms with van der Waals surface area (Å²) in [5.74, 6) is -1.01. The Kier molecular flexibility index (Phi) is 6.71. The summed E-state index contributed by atoms with van der Waals surface area (Å²) in [5, 5.41) is 9.00. The molecule has 0 atom stereocenters. The van der Waals surface area contributed by atoms with Crippen LogP contribution in [0.2, 0.25) is 0 Å². The van der Waals surface area contributed by atoms with Gasteiger partial charge in [-0.15, -0.1) is 0 Å². The van der Waals surface area contributed by atoms with Crippen molar-refractivity contribution in [2.45, 2.75) is 45.1 Å². The maximum Gasteiger partial charge on any atom is 0.331 e. The summed E-state index contributed by atoms with van der Waals surface area (Å²) in [4.78, 5) is 11.0. The number of allylic oxidation sites excluding steroid dienone is 2. The van der Waals surface area contributed by atoms with Gasteiger partial charge in [0.2, 0.25) is 0 Å². The Hall–Kier alpha value is -1.09. The molecular weight excluding hydrogens is 190 g/mol. The van der Waals surface area contributed by atoms with E-state index in [-0.39, 0.29) is 0 Å². The van der Waals surface area contributed by atoms with Crippen molar-refractivity contribution < 1.29 is 9.90 Å². The number of carboxylic acids is 1. The van der Waals surface area contributed by atoms with E-state index in [1.54, 1.807) is 12.2 Å². The van der Waals surface area contributed by atoms with Crippen LogP contribution in [0.15, 0.2) is 24.3 Å². The zero-order valence-electron chi connectivity index (χ0n) is 9.57. The van der Waals surface area contributed by atoms with Crippen molar-refractivity contribution >= 4 is 5.97 Å². The lowest BCUT2D eigenvalue weighted by Gasteiger charge is -2.15. The zero-order valence-corrected chi connectivity index (χ0v) is 9.57. The molecule has 0 aliphatic carbocycles. The minimum atomic E-state index is -1.34. The summed E-state index contributed by atoms with van der Waals surface area (Å²) < 4.78 is 0. The topological polar surface area (TPSA) is 63.3 Å². The third-order valence-corrected chi connectivity index (χ3v) is 2.07. The third kappa shape index (κ3) is 5.37. The van der Waals surface area contributed by atoms with Crippen molar-refractivity contribution in [1.29, 1.82) is 0 Å². The first-order chi connectivity index (χ1) is 7.06. The zero-order chi connectivity index (χ0) is 11.7. The molecule has 0 unspecified atom stereocenters. The Bertz CT molecular complexity index is 228. The van der Waals surface area contributed by atoms with Crippen LogP contribution in [-0.2, 0) is 4.79 Å². The summed E-state index contributed by atoms with van der Waals surface area (Å²) in [7, 11) is 0. The normalized spacial score (nSPS) is 12.7. The van der Waals surface area contributed by atoms with E-state index >= 15 is 0 Å². The number of rotatable bonds is 7. The van der Waals surface area contributed by atoms with E-state index in [1.807, 2.05) is 26.0 Å². The van der Waals surface area contributed by atoms with E-state index in [0.29, 0.717) is 0 Å². The number of nitrogens with two attached hydrogens (primary N) is 1. The van der Waals surface area contributed by atoms with Gasteiger partial charge in [-0.1, -0.05) is 51.0 Å². The second-order valence-electron chi connectivity index (χ2n) is 3.62. The predicted molar refractivity (Wildman–Crippen MR) is 62.7 cm³/mol. The summed E-state index contributed by atoms with van der Waals surface area (Å²) in [6.07, 6.45) is 10.5. The van der Waals surface area contributed by atoms with Gasteiger partial charge in [0.05, 0.1) is 0 Å². The number of aliphatic carboxylic acids is 1. The fraction of sp³-hybridized carbons (Fsp3) is 0.583. The van der Waals surface area contributed by atoms with Crippen LogP contribution in [0, 0.1) is 0 Å². The SMILES string of the molecule is CCC/C=C/C(N)(/C=C/CCC)C(=O)O. The predicted octanol–water partition coefficient (Wildman–Crippen LogP) is 2.48. The molecule has 3 nitrogen and oxygen atoms in total. The van der Waals surface area contributed by atoms with Crippen molar-refractivity contribution in [3.63, 3.8) is 0 Å². The van der Waals surface area contributed by atoms with Crippen molar-refractivity contribution in [2.24, 2.45) is 5.73 Å². The average molecular weight is 211 g/mol. The molecule has 0 amide bonds. The number of hydrogen-bond acceptors (Lipinski definition) is 2. The van der Waals surface area contributed by atoms with Gasteiger partial charge in [-0.3, -0.25) is 0 Å². The lowest BCUT2D eigenvalue weighted by Crippen LogP contribution is -2.44. The van der Waals surface area contributed by atoms with Gasteiger partial charge in [0.15, 0.2) is 5.54 Å². The van der Waals surface area contributed by atoms with Crippen molar-refractivity contribution in [2.75, 3.05) is 0 Å². The molecule has 3 heteroatoms. The van der Waals surface area contributed by atoms with Crippen molar-refractivity contribution in [1.82, 2.24) is 0 Å². The molecule has 0 aliphatic heterocycles.